The van der Waals surface area contributed by atoms with Crippen molar-refractivity contribution in [2.45, 2.75) is 12.8 Å². The van der Waals surface area contributed by atoms with Crippen molar-refractivity contribution < 1.29 is 4.74 Å². The van der Waals surface area contributed by atoms with Crippen LogP contribution in [-0.4, -0.2) is 11.6 Å². The van der Waals surface area contributed by atoms with Gasteiger partial charge in [-0.15, -0.1) is 0 Å². The van der Waals surface area contributed by atoms with Crippen LogP contribution >= 0.6 is 0 Å². The number of fused-ring (bicyclic) bond motifs is 3. The maximum Gasteiger partial charge on any atom is 0.217 e. The summed E-state index contributed by atoms with van der Waals surface area (Å²) in [5.41, 5.74) is 4.01. The summed E-state index contributed by atoms with van der Waals surface area (Å²) in [5.74, 6) is 0.848. The lowest BCUT2D eigenvalue weighted by Gasteiger charge is -2.02. The third-order valence-corrected chi connectivity index (χ3v) is 2.48. The Morgan fingerprint density at radius 2 is 2.42 bits per heavy atom. The van der Waals surface area contributed by atoms with Crippen molar-refractivity contribution in [1.82, 2.24) is 4.98 Å². The van der Waals surface area contributed by atoms with Crippen LogP contribution in [0.2, 0.25) is 0 Å². The normalized spacial score (nSPS) is 17.3. The van der Waals surface area contributed by atoms with Gasteiger partial charge in [0.1, 0.15) is 0 Å². The van der Waals surface area contributed by atoms with E-state index in [4.69, 9.17) is 4.74 Å². The second-order valence-electron chi connectivity index (χ2n) is 3.19. The van der Waals surface area contributed by atoms with Crippen LogP contribution in [0.5, 0.6) is 5.88 Å². The van der Waals surface area contributed by atoms with E-state index < -0.39 is 0 Å². The fourth-order valence-electron chi connectivity index (χ4n) is 1.88. The summed E-state index contributed by atoms with van der Waals surface area (Å²) >= 11 is 0. The molecule has 2 heteroatoms. The number of allylic oxidation sites excluding steroid dienone is 1. The minimum absolute atomic E-state index is 0.798. The van der Waals surface area contributed by atoms with Gasteiger partial charge in [0.2, 0.25) is 5.88 Å². The van der Waals surface area contributed by atoms with Crippen molar-refractivity contribution in [1.29, 1.82) is 0 Å². The molecule has 1 aliphatic carbocycles. The molecule has 0 unspecified atom stereocenters. The summed E-state index contributed by atoms with van der Waals surface area (Å²) < 4.78 is 5.38. The highest BCUT2D eigenvalue weighted by Crippen LogP contribution is 2.31. The summed E-state index contributed by atoms with van der Waals surface area (Å²) in [5, 5.41) is 0. The minimum atomic E-state index is 0.798. The monoisotopic (exact) mass is 159 g/mol. The molecule has 1 aromatic rings. The molecule has 0 radical (unpaired) electrons. The van der Waals surface area contributed by atoms with E-state index in [1.54, 1.807) is 0 Å². The molecule has 0 amide bonds. The van der Waals surface area contributed by atoms with E-state index in [0.717, 1.165) is 25.3 Å². The molecule has 1 aliphatic heterocycles. The molecule has 1 aromatic heterocycles. The third kappa shape index (κ3) is 0.670. The first kappa shape index (κ1) is 6.23. The maximum absolute atomic E-state index is 5.38. The number of aromatic nitrogens is 1. The van der Waals surface area contributed by atoms with Crippen molar-refractivity contribution in [2.24, 2.45) is 0 Å². The van der Waals surface area contributed by atoms with E-state index in [2.05, 4.69) is 17.1 Å². The first-order valence-corrected chi connectivity index (χ1v) is 4.25. The Morgan fingerprint density at radius 3 is 3.42 bits per heavy atom. The molecule has 2 aliphatic rings. The number of hydrogen-bond donors (Lipinski definition) is 0. The Kier molecular flexibility index (Phi) is 1.09. The summed E-state index contributed by atoms with van der Waals surface area (Å²) in [4.78, 5) is 4.27. The van der Waals surface area contributed by atoms with Crippen LogP contribution in [-0.2, 0) is 12.8 Å². The van der Waals surface area contributed by atoms with Crippen LogP contribution in [0.1, 0.15) is 16.7 Å². The smallest absolute Gasteiger partial charge is 0.217 e. The Morgan fingerprint density at radius 1 is 1.42 bits per heavy atom. The average molecular weight is 159 g/mol. The quantitative estimate of drug-likeness (QED) is 0.573. The zero-order valence-corrected chi connectivity index (χ0v) is 6.71. The van der Waals surface area contributed by atoms with Gasteiger partial charge in [-0.2, -0.15) is 0 Å². The van der Waals surface area contributed by atoms with Gasteiger partial charge in [-0.3, -0.25) is 0 Å². The van der Waals surface area contributed by atoms with Gasteiger partial charge in [-0.25, -0.2) is 4.98 Å². The molecule has 60 valence electrons. The predicted molar refractivity (Wildman–Crippen MR) is 46.2 cm³/mol. The van der Waals surface area contributed by atoms with Gasteiger partial charge in [0.05, 0.1) is 6.61 Å². The Hall–Kier alpha value is -1.31. The topological polar surface area (TPSA) is 22.1 Å². The summed E-state index contributed by atoms with van der Waals surface area (Å²) in [6.07, 6.45) is 8.36. The summed E-state index contributed by atoms with van der Waals surface area (Å²) in [6.45, 7) is 0.798. The van der Waals surface area contributed by atoms with Crippen LogP contribution in [0.3, 0.4) is 0 Å². The molecule has 0 N–H and O–H groups in total. The molecule has 0 fully saturated rings. The van der Waals surface area contributed by atoms with Crippen LogP contribution in [0.25, 0.3) is 6.08 Å². The summed E-state index contributed by atoms with van der Waals surface area (Å²) in [6, 6.07) is 0. The van der Waals surface area contributed by atoms with E-state index in [-0.39, 0.29) is 0 Å². The SMILES string of the molecule is C1=Cc2c(cnc3c2CCO3)C1. The predicted octanol–water partition coefficient (Wildman–Crippen LogP) is 1.59. The zero-order chi connectivity index (χ0) is 7.97. The molecule has 0 spiro atoms. The molecule has 3 rings (SSSR count). The van der Waals surface area contributed by atoms with Crippen molar-refractivity contribution in [3.63, 3.8) is 0 Å². The molecule has 2 heterocycles. The third-order valence-electron chi connectivity index (χ3n) is 2.48. The highest BCUT2D eigenvalue weighted by Gasteiger charge is 2.20. The number of nitrogens with zero attached hydrogens (tertiary/aromatic N) is 1. The standard InChI is InChI=1S/C10H9NO/c1-2-7-6-11-10-9(4-5-12-10)8(7)3-1/h1,3,6H,2,4-5H2. The van der Waals surface area contributed by atoms with E-state index in [9.17, 15) is 0 Å². The molecule has 0 atom stereocenters. The average Bonchev–Trinajstić information content (AvgIpc) is 2.71. The fraction of sp³-hybridized carbons (Fsp3) is 0.300. The molecule has 2 nitrogen and oxygen atoms in total. The lowest BCUT2D eigenvalue weighted by Crippen LogP contribution is -1.90. The van der Waals surface area contributed by atoms with Gasteiger partial charge in [0, 0.05) is 18.2 Å². The van der Waals surface area contributed by atoms with E-state index in [1.165, 1.54) is 16.7 Å². The Balaban J connectivity index is 2.30. The lowest BCUT2D eigenvalue weighted by molar-refractivity contribution is 0.344. The molecule has 12 heavy (non-hydrogen) atoms. The second kappa shape index (κ2) is 2.09. The molecule has 0 saturated heterocycles. The zero-order valence-electron chi connectivity index (χ0n) is 6.71. The van der Waals surface area contributed by atoms with Gasteiger partial charge in [0.25, 0.3) is 0 Å². The number of ether oxygens (including phenoxy) is 1. The Labute approximate surface area is 70.9 Å². The second-order valence-corrected chi connectivity index (χ2v) is 3.19. The maximum atomic E-state index is 5.38. The number of rotatable bonds is 0. The van der Waals surface area contributed by atoms with Crippen LogP contribution in [0.4, 0.5) is 0 Å². The molecule has 0 bridgehead atoms. The van der Waals surface area contributed by atoms with Crippen LogP contribution in [0.15, 0.2) is 12.3 Å². The first-order valence-electron chi connectivity index (χ1n) is 4.25. The van der Waals surface area contributed by atoms with E-state index >= 15 is 0 Å². The van der Waals surface area contributed by atoms with Crippen molar-refractivity contribution in [3.8, 4) is 5.88 Å². The highest BCUT2D eigenvalue weighted by atomic mass is 16.5. The highest BCUT2D eigenvalue weighted by molar-refractivity contribution is 5.65. The fourth-order valence-corrected chi connectivity index (χ4v) is 1.88. The lowest BCUT2D eigenvalue weighted by atomic mass is 10.1. The van der Waals surface area contributed by atoms with Crippen LogP contribution < -0.4 is 4.74 Å². The molecule has 0 aromatic carbocycles. The van der Waals surface area contributed by atoms with Gasteiger partial charge in [-0.1, -0.05) is 12.2 Å². The van der Waals surface area contributed by atoms with Gasteiger partial charge in [-0.05, 0) is 17.5 Å². The van der Waals surface area contributed by atoms with Crippen molar-refractivity contribution >= 4 is 6.08 Å². The van der Waals surface area contributed by atoms with Gasteiger partial charge >= 0.3 is 0 Å². The van der Waals surface area contributed by atoms with Crippen molar-refractivity contribution in [2.75, 3.05) is 6.61 Å². The summed E-state index contributed by atoms with van der Waals surface area (Å²) in [7, 11) is 0. The van der Waals surface area contributed by atoms with Gasteiger partial charge < -0.3 is 4.74 Å². The van der Waals surface area contributed by atoms with E-state index in [0.29, 0.717) is 0 Å². The van der Waals surface area contributed by atoms with E-state index in [1.807, 2.05) is 6.20 Å². The number of pyridine rings is 1. The van der Waals surface area contributed by atoms with Gasteiger partial charge in [0.15, 0.2) is 0 Å². The minimum Gasteiger partial charge on any atom is -0.477 e. The Bertz CT molecular complexity index is 368. The number of hydrogen-bond acceptors (Lipinski definition) is 2. The molecular formula is C10H9NO. The first-order chi connectivity index (χ1) is 5.95. The molecular weight excluding hydrogens is 150 g/mol. The van der Waals surface area contributed by atoms with Crippen molar-refractivity contribution in [3.05, 3.63) is 29.0 Å². The largest absolute Gasteiger partial charge is 0.477 e. The molecule has 0 saturated carbocycles. The van der Waals surface area contributed by atoms with Crippen LogP contribution in [0, 0.1) is 0 Å².